The summed E-state index contributed by atoms with van der Waals surface area (Å²) in [5, 5.41) is 8.39. The van der Waals surface area contributed by atoms with Gasteiger partial charge in [-0.05, 0) is 26.7 Å². The van der Waals surface area contributed by atoms with Gasteiger partial charge < -0.3 is 15.5 Å². The molecule has 0 aromatic heterocycles. The van der Waals surface area contributed by atoms with Crippen LogP contribution in [0.5, 0.6) is 0 Å². The lowest BCUT2D eigenvalue weighted by Crippen LogP contribution is -2.44. The highest BCUT2D eigenvalue weighted by molar-refractivity contribution is 6.02. The zero-order valence-electron chi connectivity index (χ0n) is 12.1. The lowest BCUT2D eigenvalue weighted by atomic mass is 9.91. The SMILES string of the molecule is CN1C(=O)C(C)(C)CN(C2CCCC2)C(=N)C1=CN. The van der Waals surface area contributed by atoms with Crippen molar-refractivity contribution in [1.82, 2.24) is 9.80 Å². The average Bonchev–Trinajstić information content (AvgIpc) is 2.86. The Kier molecular flexibility index (Phi) is 3.56. The van der Waals surface area contributed by atoms with Crippen LogP contribution in [0.3, 0.4) is 0 Å². The fourth-order valence-corrected chi connectivity index (χ4v) is 3.16. The van der Waals surface area contributed by atoms with E-state index in [1.807, 2.05) is 13.8 Å². The molecule has 1 aliphatic heterocycles. The Balaban J connectivity index is 2.38. The first-order valence-electron chi connectivity index (χ1n) is 6.94. The summed E-state index contributed by atoms with van der Waals surface area (Å²) in [5.74, 6) is 0.408. The lowest BCUT2D eigenvalue weighted by molar-refractivity contribution is -0.136. The van der Waals surface area contributed by atoms with Crippen LogP contribution in [0.25, 0.3) is 0 Å². The minimum atomic E-state index is -0.492. The molecular weight excluding hydrogens is 240 g/mol. The van der Waals surface area contributed by atoms with Crippen LogP contribution in [0.2, 0.25) is 0 Å². The molecule has 2 aliphatic rings. The van der Waals surface area contributed by atoms with Crippen LogP contribution >= 0.6 is 0 Å². The molecule has 2 rings (SSSR count). The van der Waals surface area contributed by atoms with Crippen LogP contribution in [-0.4, -0.2) is 41.2 Å². The number of nitrogens with one attached hydrogen (secondary N) is 1. The molecule has 0 atom stereocenters. The van der Waals surface area contributed by atoms with Crippen LogP contribution < -0.4 is 5.73 Å². The van der Waals surface area contributed by atoms with Gasteiger partial charge in [0.25, 0.3) is 0 Å². The Morgan fingerprint density at radius 2 is 1.95 bits per heavy atom. The van der Waals surface area contributed by atoms with Gasteiger partial charge in [0, 0.05) is 25.8 Å². The minimum Gasteiger partial charge on any atom is -0.403 e. The highest BCUT2D eigenvalue weighted by Gasteiger charge is 2.42. The monoisotopic (exact) mass is 264 g/mol. The third kappa shape index (κ3) is 2.33. The maximum Gasteiger partial charge on any atom is 0.234 e. The Bertz CT molecular complexity index is 421. The molecule has 1 amide bonds. The fourth-order valence-electron chi connectivity index (χ4n) is 3.16. The van der Waals surface area contributed by atoms with E-state index in [0.717, 1.165) is 12.8 Å². The molecule has 0 bridgehead atoms. The van der Waals surface area contributed by atoms with Crippen LogP contribution in [0.15, 0.2) is 11.9 Å². The van der Waals surface area contributed by atoms with E-state index in [1.165, 1.54) is 23.9 Å². The van der Waals surface area contributed by atoms with Gasteiger partial charge in [-0.3, -0.25) is 10.2 Å². The first-order chi connectivity index (χ1) is 8.88. The zero-order chi connectivity index (χ0) is 14.2. The first-order valence-corrected chi connectivity index (χ1v) is 6.94. The van der Waals surface area contributed by atoms with Crippen molar-refractivity contribution in [1.29, 1.82) is 5.41 Å². The molecule has 0 aromatic rings. The van der Waals surface area contributed by atoms with Gasteiger partial charge in [0.1, 0.15) is 11.5 Å². The number of nitrogens with zero attached hydrogens (tertiary/aromatic N) is 2. The molecule has 0 spiro atoms. The van der Waals surface area contributed by atoms with E-state index >= 15 is 0 Å². The highest BCUT2D eigenvalue weighted by atomic mass is 16.2. The van der Waals surface area contributed by atoms with Crippen molar-refractivity contribution in [2.45, 2.75) is 45.6 Å². The van der Waals surface area contributed by atoms with Gasteiger partial charge in [-0.15, -0.1) is 0 Å². The van der Waals surface area contributed by atoms with Crippen molar-refractivity contribution in [3.05, 3.63) is 11.9 Å². The van der Waals surface area contributed by atoms with E-state index in [1.54, 1.807) is 7.05 Å². The first kappa shape index (κ1) is 13.9. The van der Waals surface area contributed by atoms with E-state index < -0.39 is 5.41 Å². The Morgan fingerprint density at radius 1 is 1.37 bits per heavy atom. The van der Waals surface area contributed by atoms with Crippen LogP contribution in [-0.2, 0) is 4.79 Å². The maximum atomic E-state index is 12.4. The summed E-state index contributed by atoms with van der Waals surface area (Å²) in [6, 6.07) is 0.376. The normalized spacial score (nSPS) is 27.2. The van der Waals surface area contributed by atoms with Gasteiger partial charge in [-0.25, -0.2) is 0 Å². The van der Waals surface area contributed by atoms with E-state index in [2.05, 4.69) is 4.90 Å². The number of amides is 1. The lowest BCUT2D eigenvalue weighted by Gasteiger charge is -2.33. The second kappa shape index (κ2) is 4.87. The number of carbonyl (C=O) groups excluding carboxylic acids is 1. The standard InChI is InChI=1S/C14H24N4O/c1-14(2)9-18(10-6-4-5-7-10)12(16)11(8-15)17(3)13(14)19/h8,10,16H,4-7,9,15H2,1-3H3. The van der Waals surface area contributed by atoms with Crippen molar-refractivity contribution in [2.75, 3.05) is 13.6 Å². The van der Waals surface area contributed by atoms with Gasteiger partial charge in [-0.1, -0.05) is 12.8 Å². The van der Waals surface area contributed by atoms with Gasteiger partial charge in [0.2, 0.25) is 5.91 Å². The summed E-state index contributed by atoms with van der Waals surface area (Å²) in [7, 11) is 1.70. The van der Waals surface area contributed by atoms with Crippen LogP contribution in [0, 0.1) is 10.8 Å². The summed E-state index contributed by atoms with van der Waals surface area (Å²) in [6.07, 6.45) is 6.01. The maximum absolute atomic E-state index is 12.4. The summed E-state index contributed by atoms with van der Waals surface area (Å²) in [5.41, 5.74) is 5.67. The number of hydrogen-bond donors (Lipinski definition) is 2. The molecule has 0 aromatic carbocycles. The fraction of sp³-hybridized carbons (Fsp3) is 0.714. The van der Waals surface area contributed by atoms with Crippen molar-refractivity contribution in [2.24, 2.45) is 11.1 Å². The smallest absolute Gasteiger partial charge is 0.234 e. The van der Waals surface area contributed by atoms with Crippen molar-refractivity contribution >= 4 is 11.7 Å². The van der Waals surface area contributed by atoms with E-state index in [4.69, 9.17) is 11.1 Å². The number of nitrogens with two attached hydrogens (primary N) is 1. The Hall–Kier alpha value is -1.52. The number of carbonyl (C=O) groups is 1. The zero-order valence-corrected chi connectivity index (χ0v) is 12.1. The number of hydrogen-bond acceptors (Lipinski definition) is 3. The third-order valence-corrected chi connectivity index (χ3v) is 4.26. The summed E-state index contributed by atoms with van der Waals surface area (Å²) >= 11 is 0. The minimum absolute atomic E-state index is 0.0226. The number of rotatable bonds is 1. The molecule has 5 heteroatoms. The predicted molar refractivity (Wildman–Crippen MR) is 75.5 cm³/mol. The molecule has 5 nitrogen and oxygen atoms in total. The van der Waals surface area contributed by atoms with E-state index in [0.29, 0.717) is 24.1 Å². The molecule has 3 N–H and O–H groups in total. The van der Waals surface area contributed by atoms with Crippen LogP contribution in [0.4, 0.5) is 0 Å². The van der Waals surface area contributed by atoms with Crippen molar-refractivity contribution in [3.8, 4) is 0 Å². The molecule has 106 valence electrons. The van der Waals surface area contributed by atoms with E-state index in [9.17, 15) is 4.79 Å². The summed E-state index contributed by atoms with van der Waals surface area (Å²) < 4.78 is 0. The van der Waals surface area contributed by atoms with Gasteiger partial charge in [-0.2, -0.15) is 0 Å². The molecule has 1 aliphatic carbocycles. The van der Waals surface area contributed by atoms with Gasteiger partial charge >= 0.3 is 0 Å². The molecular formula is C14H24N4O. The largest absolute Gasteiger partial charge is 0.403 e. The topological polar surface area (TPSA) is 73.4 Å². The molecule has 19 heavy (non-hydrogen) atoms. The van der Waals surface area contributed by atoms with Gasteiger partial charge in [0.05, 0.1) is 5.41 Å². The Morgan fingerprint density at radius 3 is 2.47 bits per heavy atom. The molecule has 1 saturated heterocycles. The predicted octanol–water partition coefficient (Wildman–Crippen LogP) is 1.51. The third-order valence-electron chi connectivity index (χ3n) is 4.26. The second-order valence-electron chi connectivity index (χ2n) is 6.21. The molecule has 0 radical (unpaired) electrons. The second-order valence-corrected chi connectivity index (χ2v) is 6.21. The molecule has 0 unspecified atom stereocenters. The molecule has 2 fully saturated rings. The summed E-state index contributed by atoms with van der Waals surface area (Å²) in [6.45, 7) is 4.48. The molecule has 1 saturated carbocycles. The van der Waals surface area contributed by atoms with E-state index in [-0.39, 0.29) is 5.91 Å². The number of amidine groups is 1. The van der Waals surface area contributed by atoms with Gasteiger partial charge in [0.15, 0.2) is 0 Å². The Labute approximate surface area is 114 Å². The number of likely N-dealkylation sites (N-methyl/N-ethyl adjacent to an activating group) is 1. The quantitative estimate of drug-likeness (QED) is 0.754. The summed E-state index contributed by atoms with van der Waals surface area (Å²) in [4.78, 5) is 16.0. The van der Waals surface area contributed by atoms with Crippen molar-refractivity contribution < 1.29 is 4.79 Å². The highest BCUT2D eigenvalue weighted by Crippen LogP contribution is 2.32. The molecule has 1 heterocycles. The average molecular weight is 264 g/mol. The van der Waals surface area contributed by atoms with Crippen LogP contribution in [0.1, 0.15) is 39.5 Å². The van der Waals surface area contributed by atoms with Crippen molar-refractivity contribution in [3.63, 3.8) is 0 Å².